The van der Waals surface area contributed by atoms with E-state index in [1.54, 1.807) is 17.6 Å². The minimum Gasteiger partial charge on any atom is -0.467 e. The second-order valence-electron chi connectivity index (χ2n) is 7.85. The molecule has 0 saturated carbocycles. The third-order valence-electron chi connectivity index (χ3n) is 5.71. The van der Waals surface area contributed by atoms with E-state index in [0.717, 1.165) is 17.2 Å². The summed E-state index contributed by atoms with van der Waals surface area (Å²) in [5.74, 6) is 0.904. The van der Waals surface area contributed by atoms with Crippen molar-refractivity contribution in [3.8, 4) is 0 Å². The van der Waals surface area contributed by atoms with Gasteiger partial charge in [0, 0.05) is 36.5 Å². The van der Waals surface area contributed by atoms with Crippen LogP contribution >= 0.6 is 23.6 Å². The summed E-state index contributed by atoms with van der Waals surface area (Å²) in [6.07, 6.45) is 3.47. The molecule has 2 aromatic rings. The van der Waals surface area contributed by atoms with Gasteiger partial charge in [-0.2, -0.15) is 0 Å². The van der Waals surface area contributed by atoms with E-state index in [1.807, 2.05) is 29.6 Å². The number of thiophene rings is 1. The highest BCUT2D eigenvalue weighted by molar-refractivity contribution is 7.80. The molecule has 10 heteroatoms. The minimum atomic E-state index is -0.182. The number of hydrogen-bond donors (Lipinski definition) is 4. The van der Waals surface area contributed by atoms with Crippen molar-refractivity contribution in [2.45, 2.75) is 50.5 Å². The molecule has 3 unspecified atom stereocenters. The van der Waals surface area contributed by atoms with Crippen molar-refractivity contribution in [2.24, 2.45) is 0 Å². The van der Waals surface area contributed by atoms with Gasteiger partial charge >= 0.3 is 0 Å². The monoisotopic (exact) mass is 461 g/mol. The second-order valence-corrected chi connectivity index (χ2v) is 9.29. The number of rotatable bonds is 8. The molecule has 8 nitrogen and oxygen atoms in total. The zero-order valence-corrected chi connectivity index (χ0v) is 18.8. The van der Waals surface area contributed by atoms with Crippen molar-refractivity contribution >= 4 is 40.5 Å². The Balaban J connectivity index is 1.23. The first-order chi connectivity index (χ1) is 15.1. The first-order valence-corrected chi connectivity index (χ1v) is 11.8. The number of thiocarbonyl (C=S) groups is 1. The fraction of sp³-hybridized carbons (Fsp3) is 0.476. The quantitative estimate of drug-likeness (QED) is 0.441. The molecule has 4 N–H and O–H groups in total. The van der Waals surface area contributed by atoms with Crippen LogP contribution in [0.2, 0.25) is 0 Å². The predicted molar refractivity (Wildman–Crippen MR) is 122 cm³/mol. The van der Waals surface area contributed by atoms with Gasteiger partial charge in [0.2, 0.25) is 11.8 Å². The number of nitrogens with one attached hydrogen (secondary N) is 4. The van der Waals surface area contributed by atoms with Crippen LogP contribution in [0.3, 0.4) is 0 Å². The predicted octanol–water partition coefficient (Wildman–Crippen LogP) is 1.34. The van der Waals surface area contributed by atoms with Crippen molar-refractivity contribution in [1.29, 1.82) is 0 Å². The second kappa shape index (κ2) is 10.3. The lowest BCUT2D eigenvalue weighted by Gasteiger charge is -2.37. The van der Waals surface area contributed by atoms with Gasteiger partial charge in [-0.25, -0.2) is 0 Å². The van der Waals surface area contributed by atoms with Crippen LogP contribution < -0.4 is 21.3 Å². The van der Waals surface area contributed by atoms with Gasteiger partial charge in [-0.05, 0) is 48.6 Å². The van der Waals surface area contributed by atoms with Crippen LogP contribution in [0.4, 0.5) is 0 Å². The summed E-state index contributed by atoms with van der Waals surface area (Å²) >= 11 is 7.03. The van der Waals surface area contributed by atoms with Crippen molar-refractivity contribution in [3.63, 3.8) is 0 Å². The number of carbonyl (C=O) groups is 2. The van der Waals surface area contributed by atoms with E-state index < -0.39 is 0 Å². The Hall–Kier alpha value is -2.43. The molecule has 0 radical (unpaired) electrons. The van der Waals surface area contributed by atoms with Gasteiger partial charge in [0.1, 0.15) is 5.76 Å². The third kappa shape index (κ3) is 5.84. The number of carbonyl (C=O) groups excluding carboxylic acids is 2. The summed E-state index contributed by atoms with van der Waals surface area (Å²) in [5.41, 5.74) is 0. The van der Waals surface area contributed by atoms with Gasteiger partial charge in [0.05, 0.1) is 25.4 Å². The fourth-order valence-electron chi connectivity index (χ4n) is 4.15. The van der Waals surface area contributed by atoms with Crippen molar-refractivity contribution in [3.05, 3.63) is 46.5 Å². The summed E-state index contributed by atoms with van der Waals surface area (Å²) < 4.78 is 5.30. The Kier molecular flexibility index (Phi) is 7.21. The van der Waals surface area contributed by atoms with Gasteiger partial charge in [-0.15, -0.1) is 11.3 Å². The molecular weight excluding hydrogens is 434 g/mol. The van der Waals surface area contributed by atoms with Gasteiger partial charge in [0.15, 0.2) is 5.11 Å². The number of fused-ring (bicyclic) bond motifs is 1. The van der Waals surface area contributed by atoms with Crippen molar-refractivity contribution < 1.29 is 14.0 Å². The molecule has 4 rings (SSSR count). The molecule has 166 valence electrons. The molecule has 2 fully saturated rings. The Labute approximate surface area is 190 Å². The Morgan fingerprint density at radius 1 is 1.29 bits per heavy atom. The highest BCUT2D eigenvalue weighted by atomic mass is 32.1. The summed E-state index contributed by atoms with van der Waals surface area (Å²) in [7, 11) is 0. The van der Waals surface area contributed by atoms with E-state index in [2.05, 4.69) is 26.2 Å². The van der Waals surface area contributed by atoms with E-state index >= 15 is 0 Å². The molecule has 0 bridgehead atoms. The SMILES string of the molecule is O=C(CCC1CNC(=O)C2CC(NC(=S)NCc3ccco3)CN12)NCc1cccs1. The average molecular weight is 462 g/mol. The number of nitrogens with zero attached hydrogens (tertiary/aromatic N) is 1. The Bertz CT molecular complexity index is 887. The number of piperazine rings is 1. The average Bonchev–Trinajstić information content (AvgIpc) is 3.52. The van der Waals surface area contributed by atoms with Crippen LogP contribution in [0.15, 0.2) is 40.3 Å². The first-order valence-electron chi connectivity index (χ1n) is 10.5. The van der Waals surface area contributed by atoms with E-state index in [9.17, 15) is 9.59 Å². The van der Waals surface area contributed by atoms with E-state index in [0.29, 0.717) is 44.0 Å². The summed E-state index contributed by atoms with van der Waals surface area (Å²) in [6.45, 7) is 2.38. The molecule has 31 heavy (non-hydrogen) atoms. The molecule has 4 heterocycles. The van der Waals surface area contributed by atoms with E-state index in [-0.39, 0.29) is 29.9 Å². The normalized spacial score (nSPS) is 23.1. The molecule has 0 aromatic carbocycles. The number of hydrogen-bond acceptors (Lipinski definition) is 6. The van der Waals surface area contributed by atoms with Crippen LogP contribution in [0.5, 0.6) is 0 Å². The molecule has 0 spiro atoms. The zero-order valence-electron chi connectivity index (χ0n) is 17.1. The molecule has 2 aliphatic rings. The van der Waals surface area contributed by atoms with Gasteiger partial charge in [-0.1, -0.05) is 6.07 Å². The molecule has 2 amide bonds. The molecule has 2 aliphatic heterocycles. The zero-order chi connectivity index (χ0) is 21.6. The Morgan fingerprint density at radius 3 is 2.97 bits per heavy atom. The Morgan fingerprint density at radius 2 is 2.19 bits per heavy atom. The maximum absolute atomic E-state index is 12.4. The molecule has 2 aromatic heterocycles. The van der Waals surface area contributed by atoms with Crippen LogP contribution in [0.1, 0.15) is 29.9 Å². The maximum atomic E-state index is 12.4. The molecule has 0 aliphatic carbocycles. The van der Waals surface area contributed by atoms with Crippen LogP contribution in [-0.4, -0.2) is 53.0 Å². The number of furan rings is 1. The smallest absolute Gasteiger partial charge is 0.237 e. The number of amides is 2. The summed E-state index contributed by atoms with van der Waals surface area (Å²) in [6, 6.07) is 7.76. The largest absolute Gasteiger partial charge is 0.467 e. The van der Waals surface area contributed by atoms with Gasteiger partial charge in [0.25, 0.3) is 0 Å². The van der Waals surface area contributed by atoms with E-state index in [1.165, 1.54) is 0 Å². The molecular formula is C21H27N5O3S2. The van der Waals surface area contributed by atoms with Gasteiger partial charge in [-0.3, -0.25) is 14.5 Å². The van der Waals surface area contributed by atoms with Gasteiger partial charge < -0.3 is 25.7 Å². The minimum absolute atomic E-state index is 0.0408. The third-order valence-corrected chi connectivity index (χ3v) is 6.84. The first kappa shape index (κ1) is 21.8. The summed E-state index contributed by atoms with van der Waals surface area (Å²) in [4.78, 5) is 28.0. The van der Waals surface area contributed by atoms with Crippen LogP contribution in [0.25, 0.3) is 0 Å². The fourth-order valence-corrected chi connectivity index (χ4v) is 5.03. The lowest BCUT2D eigenvalue weighted by molar-refractivity contribution is -0.129. The van der Waals surface area contributed by atoms with Crippen LogP contribution in [0, 0.1) is 0 Å². The topological polar surface area (TPSA) is 98.6 Å². The summed E-state index contributed by atoms with van der Waals surface area (Å²) in [5, 5.41) is 15.0. The molecule has 3 atom stereocenters. The standard InChI is InChI=1S/C21H27N5O3S2/c27-19(22-12-17-4-2-8-31-17)6-5-15-10-23-20(28)18-9-14(13-26(15)18)25-21(30)24-11-16-3-1-7-29-16/h1-4,7-8,14-15,18H,5-6,9-13H2,(H,22,27)(H,23,28)(H2,24,25,30). The van der Waals surface area contributed by atoms with Crippen LogP contribution in [-0.2, 0) is 22.7 Å². The maximum Gasteiger partial charge on any atom is 0.237 e. The highest BCUT2D eigenvalue weighted by Crippen LogP contribution is 2.25. The molecule has 2 saturated heterocycles. The lowest BCUT2D eigenvalue weighted by Crippen LogP contribution is -2.58. The van der Waals surface area contributed by atoms with Crippen molar-refractivity contribution in [2.75, 3.05) is 13.1 Å². The highest BCUT2D eigenvalue weighted by Gasteiger charge is 2.43. The van der Waals surface area contributed by atoms with Crippen molar-refractivity contribution in [1.82, 2.24) is 26.2 Å². The van der Waals surface area contributed by atoms with E-state index in [4.69, 9.17) is 16.6 Å². The lowest BCUT2D eigenvalue weighted by atomic mass is 10.0.